The van der Waals surface area contributed by atoms with Gasteiger partial charge in [0.15, 0.2) is 5.82 Å². The molecule has 0 bridgehead atoms. The third kappa shape index (κ3) is 3.68. The van der Waals surface area contributed by atoms with Crippen molar-refractivity contribution in [3.63, 3.8) is 0 Å². The number of hydrogen-bond donors (Lipinski definition) is 2. The predicted octanol–water partition coefficient (Wildman–Crippen LogP) is 4.09. The Morgan fingerprint density at radius 3 is 2.48 bits per heavy atom. The zero-order valence-corrected chi connectivity index (χ0v) is 15.3. The molecule has 3 aromatic heterocycles. The van der Waals surface area contributed by atoms with Crippen molar-refractivity contribution in [1.82, 2.24) is 24.6 Å². The Labute approximate surface area is 163 Å². The minimum atomic E-state index is -4.40. The van der Waals surface area contributed by atoms with Crippen molar-refractivity contribution >= 4 is 23.1 Å². The Bertz CT molecular complexity index is 1170. The van der Waals surface area contributed by atoms with E-state index >= 15 is 0 Å². The second kappa shape index (κ2) is 7.04. The van der Waals surface area contributed by atoms with Crippen molar-refractivity contribution in [3.8, 4) is 11.4 Å². The number of anilines is 3. The predicted molar refractivity (Wildman–Crippen MR) is 103 cm³/mol. The molecule has 29 heavy (non-hydrogen) atoms. The van der Waals surface area contributed by atoms with E-state index in [9.17, 15) is 13.2 Å². The van der Waals surface area contributed by atoms with Crippen LogP contribution in [0, 0.1) is 0 Å². The molecular weight excluding hydrogens is 383 g/mol. The van der Waals surface area contributed by atoms with E-state index in [4.69, 9.17) is 5.73 Å². The number of aryl methyl sites for hydroxylation is 1. The molecule has 0 radical (unpaired) electrons. The van der Waals surface area contributed by atoms with Crippen molar-refractivity contribution in [1.29, 1.82) is 0 Å². The minimum absolute atomic E-state index is 0.0123. The van der Waals surface area contributed by atoms with Crippen LogP contribution in [0.1, 0.15) is 18.2 Å². The fourth-order valence-electron chi connectivity index (χ4n) is 2.97. The van der Waals surface area contributed by atoms with E-state index in [2.05, 4.69) is 25.4 Å². The molecule has 0 unspecified atom stereocenters. The normalized spacial score (nSPS) is 11.7. The van der Waals surface area contributed by atoms with E-state index in [-0.39, 0.29) is 11.9 Å². The summed E-state index contributed by atoms with van der Waals surface area (Å²) in [5, 5.41) is 7.41. The number of fused-ring (bicyclic) bond motifs is 1. The Kier molecular flexibility index (Phi) is 4.53. The Hall–Kier alpha value is -3.69. The van der Waals surface area contributed by atoms with Crippen molar-refractivity contribution in [3.05, 3.63) is 59.9 Å². The molecule has 0 fully saturated rings. The van der Waals surface area contributed by atoms with Crippen LogP contribution in [0.2, 0.25) is 0 Å². The number of halogens is 3. The van der Waals surface area contributed by atoms with Gasteiger partial charge >= 0.3 is 6.18 Å². The maximum Gasteiger partial charge on any atom is 0.416 e. The van der Waals surface area contributed by atoms with Crippen LogP contribution in [0.15, 0.2) is 48.7 Å². The molecule has 10 heteroatoms. The van der Waals surface area contributed by atoms with Crippen LogP contribution in [-0.2, 0) is 12.6 Å². The van der Waals surface area contributed by atoms with Crippen LogP contribution in [0.4, 0.5) is 30.8 Å². The number of alkyl halides is 3. The van der Waals surface area contributed by atoms with Gasteiger partial charge in [0, 0.05) is 11.9 Å². The summed E-state index contributed by atoms with van der Waals surface area (Å²) in [6.45, 7) is 1.97. The number of nitrogens with one attached hydrogen (secondary N) is 1. The van der Waals surface area contributed by atoms with Gasteiger partial charge in [-0.2, -0.15) is 33.2 Å². The number of rotatable bonds is 4. The molecule has 7 nitrogen and oxygen atoms in total. The highest BCUT2D eigenvalue weighted by Gasteiger charge is 2.30. The summed E-state index contributed by atoms with van der Waals surface area (Å²) in [6.07, 6.45) is -1.92. The number of aromatic nitrogens is 5. The molecule has 0 spiro atoms. The van der Waals surface area contributed by atoms with Crippen LogP contribution < -0.4 is 11.1 Å². The average Bonchev–Trinajstić information content (AvgIpc) is 3.06. The lowest BCUT2D eigenvalue weighted by Crippen LogP contribution is -2.07. The molecule has 3 heterocycles. The molecule has 3 N–H and O–H groups in total. The summed E-state index contributed by atoms with van der Waals surface area (Å²) in [5.74, 6) is 0.455. The number of nitrogens with zero attached hydrogens (tertiary/aromatic N) is 5. The molecule has 0 aliphatic carbocycles. The zero-order chi connectivity index (χ0) is 20.6. The summed E-state index contributed by atoms with van der Waals surface area (Å²) in [5.41, 5.74) is 7.86. The van der Waals surface area contributed by atoms with Gasteiger partial charge in [-0.15, -0.1) is 0 Å². The number of hydrogen-bond acceptors (Lipinski definition) is 6. The monoisotopic (exact) mass is 399 g/mol. The number of nitrogen functional groups attached to an aromatic ring is 1. The van der Waals surface area contributed by atoms with Gasteiger partial charge in [-0.3, -0.25) is 0 Å². The lowest BCUT2D eigenvalue weighted by atomic mass is 10.1. The average molecular weight is 399 g/mol. The lowest BCUT2D eigenvalue weighted by Gasteiger charge is -2.10. The maximum absolute atomic E-state index is 12.7. The Morgan fingerprint density at radius 1 is 1.03 bits per heavy atom. The Morgan fingerprint density at radius 2 is 1.79 bits per heavy atom. The molecule has 4 aromatic rings. The highest BCUT2D eigenvalue weighted by Crippen LogP contribution is 2.31. The van der Waals surface area contributed by atoms with E-state index in [1.165, 1.54) is 12.1 Å². The van der Waals surface area contributed by atoms with Crippen molar-refractivity contribution < 1.29 is 13.2 Å². The highest BCUT2D eigenvalue weighted by molar-refractivity contribution is 5.79. The minimum Gasteiger partial charge on any atom is -0.368 e. The van der Waals surface area contributed by atoms with E-state index in [1.807, 2.05) is 31.3 Å². The number of nitrogens with two attached hydrogens (primary N) is 1. The molecule has 0 atom stereocenters. The molecular formula is C19H16F3N7. The standard InChI is InChI=1S/C19H16F3N7/c1-2-13-15(14-5-3-4-10-29(14)28-13)16-25-17(23)27-18(26-16)24-12-8-6-11(7-9-12)19(20,21)22/h3-10H,2H2,1H3,(H3,23,24,25,26,27). The third-order valence-corrected chi connectivity index (χ3v) is 4.29. The largest absolute Gasteiger partial charge is 0.416 e. The van der Waals surface area contributed by atoms with Crippen LogP contribution in [-0.4, -0.2) is 24.6 Å². The van der Waals surface area contributed by atoms with Gasteiger partial charge in [-0.25, -0.2) is 4.52 Å². The molecule has 4 rings (SSSR count). The van der Waals surface area contributed by atoms with E-state index in [1.54, 1.807) is 4.52 Å². The van der Waals surface area contributed by atoms with Gasteiger partial charge in [0.25, 0.3) is 0 Å². The second-order valence-electron chi connectivity index (χ2n) is 6.25. The quantitative estimate of drug-likeness (QED) is 0.537. The number of benzene rings is 1. The van der Waals surface area contributed by atoms with Crippen LogP contribution in [0.3, 0.4) is 0 Å². The fourth-order valence-corrected chi connectivity index (χ4v) is 2.97. The maximum atomic E-state index is 12.7. The van der Waals surface area contributed by atoms with E-state index < -0.39 is 11.7 Å². The first kappa shape index (κ1) is 18.7. The smallest absolute Gasteiger partial charge is 0.368 e. The van der Waals surface area contributed by atoms with Crippen LogP contribution >= 0.6 is 0 Å². The molecule has 0 amide bonds. The summed E-state index contributed by atoms with van der Waals surface area (Å²) in [6, 6.07) is 10.2. The summed E-state index contributed by atoms with van der Waals surface area (Å²) in [7, 11) is 0. The second-order valence-corrected chi connectivity index (χ2v) is 6.25. The summed E-state index contributed by atoms with van der Waals surface area (Å²) >= 11 is 0. The summed E-state index contributed by atoms with van der Waals surface area (Å²) < 4.78 is 39.9. The molecule has 0 saturated carbocycles. The molecule has 0 aliphatic rings. The van der Waals surface area contributed by atoms with Crippen molar-refractivity contribution in [2.45, 2.75) is 19.5 Å². The van der Waals surface area contributed by atoms with Gasteiger partial charge in [0.2, 0.25) is 11.9 Å². The van der Waals surface area contributed by atoms with Crippen molar-refractivity contribution in [2.75, 3.05) is 11.1 Å². The van der Waals surface area contributed by atoms with Gasteiger partial charge in [-0.05, 0) is 42.8 Å². The third-order valence-electron chi connectivity index (χ3n) is 4.29. The topological polar surface area (TPSA) is 94.0 Å². The molecule has 1 aromatic carbocycles. The van der Waals surface area contributed by atoms with Crippen LogP contribution in [0.5, 0.6) is 0 Å². The first-order valence-corrected chi connectivity index (χ1v) is 8.77. The van der Waals surface area contributed by atoms with Gasteiger partial charge in [-0.1, -0.05) is 13.0 Å². The molecule has 0 saturated heterocycles. The highest BCUT2D eigenvalue weighted by atomic mass is 19.4. The van der Waals surface area contributed by atoms with E-state index in [0.717, 1.165) is 28.9 Å². The van der Waals surface area contributed by atoms with Gasteiger partial charge in [0.1, 0.15) is 0 Å². The van der Waals surface area contributed by atoms with Crippen molar-refractivity contribution in [2.24, 2.45) is 0 Å². The Balaban J connectivity index is 1.72. The van der Waals surface area contributed by atoms with Gasteiger partial charge < -0.3 is 11.1 Å². The summed E-state index contributed by atoms with van der Waals surface area (Å²) in [4.78, 5) is 12.7. The zero-order valence-electron chi connectivity index (χ0n) is 15.3. The fraction of sp³-hybridized carbons (Fsp3) is 0.158. The SMILES string of the molecule is CCc1nn2ccccc2c1-c1nc(N)nc(Nc2ccc(C(F)(F)F)cc2)n1. The first-order chi connectivity index (χ1) is 13.8. The number of pyridine rings is 1. The van der Waals surface area contributed by atoms with Crippen LogP contribution in [0.25, 0.3) is 16.9 Å². The van der Waals surface area contributed by atoms with E-state index in [0.29, 0.717) is 17.9 Å². The van der Waals surface area contributed by atoms with Gasteiger partial charge in [0.05, 0.1) is 22.3 Å². The molecule has 0 aliphatic heterocycles. The molecule has 148 valence electrons. The first-order valence-electron chi connectivity index (χ1n) is 8.77. The lowest BCUT2D eigenvalue weighted by molar-refractivity contribution is -0.137.